The Bertz CT molecular complexity index is 750. The van der Waals surface area contributed by atoms with E-state index in [-0.39, 0.29) is 4.75 Å². The van der Waals surface area contributed by atoms with Gasteiger partial charge in [-0.25, -0.2) is 0 Å². The topological polar surface area (TPSA) is 23.5 Å². The maximum Gasteiger partial charge on any atom is 0.0923 e. The first-order valence-corrected chi connectivity index (χ1v) is 11.6. The van der Waals surface area contributed by atoms with Gasteiger partial charge in [-0.3, -0.25) is 4.90 Å². The maximum atomic E-state index is 11.5. The molecule has 1 saturated heterocycles. The zero-order valence-corrected chi connectivity index (χ0v) is 18.6. The van der Waals surface area contributed by atoms with Gasteiger partial charge in [0.05, 0.1) is 5.60 Å². The average Bonchev–Trinajstić information content (AvgIpc) is 2.73. The van der Waals surface area contributed by atoms with Gasteiger partial charge in [0.15, 0.2) is 0 Å². The molecule has 0 amide bonds. The molecule has 0 saturated carbocycles. The van der Waals surface area contributed by atoms with Crippen molar-refractivity contribution in [3.8, 4) is 0 Å². The van der Waals surface area contributed by atoms with E-state index >= 15 is 0 Å². The van der Waals surface area contributed by atoms with Crippen LogP contribution in [0.2, 0.25) is 0 Å². The second-order valence-corrected chi connectivity index (χ2v) is 10.4. The number of benzene rings is 2. The Morgan fingerprint density at radius 1 is 1.04 bits per heavy atom. The van der Waals surface area contributed by atoms with Gasteiger partial charge in [-0.05, 0) is 42.9 Å². The van der Waals surface area contributed by atoms with Gasteiger partial charge < -0.3 is 5.11 Å². The fourth-order valence-electron chi connectivity index (χ4n) is 3.97. The first-order chi connectivity index (χ1) is 13.3. The number of hydrogen-bond donors (Lipinski definition) is 1. The van der Waals surface area contributed by atoms with Gasteiger partial charge >= 0.3 is 0 Å². The highest BCUT2D eigenvalue weighted by molar-refractivity contribution is 7.99. The van der Waals surface area contributed by atoms with Crippen molar-refractivity contribution in [2.45, 2.75) is 69.1 Å². The molecule has 2 nitrogen and oxygen atoms in total. The van der Waals surface area contributed by atoms with Crippen LogP contribution in [0, 0.1) is 0 Å². The molecule has 2 aromatic rings. The second kappa shape index (κ2) is 9.02. The van der Waals surface area contributed by atoms with E-state index in [1.54, 1.807) is 0 Å². The van der Waals surface area contributed by atoms with Gasteiger partial charge in [-0.1, -0.05) is 75.4 Å². The lowest BCUT2D eigenvalue weighted by Gasteiger charge is -2.42. The molecular weight excluding hydrogens is 362 g/mol. The minimum absolute atomic E-state index is 0.268. The minimum atomic E-state index is -0.708. The highest BCUT2D eigenvalue weighted by Gasteiger charge is 2.37. The lowest BCUT2D eigenvalue weighted by molar-refractivity contribution is -0.0348. The lowest BCUT2D eigenvalue weighted by atomic mass is 9.81. The standard InChI is InChI=1S/C25H35NOS/c1-5-24(3,4)28-19-22-13-9-10-14-23(22)25(27)15-17-26(18-16-25)20(2)21-11-7-6-8-12-21/h6-14,20,27H,5,15-19H2,1-4H3. The Kier molecular flexibility index (Phi) is 6.90. The third kappa shape index (κ3) is 5.00. The van der Waals surface area contributed by atoms with Crippen LogP contribution in [0.25, 0.3) is 0 Å². The summed E-state index contributed by atoms with van der Waals surface area (Å²) >= 11 is 1.99. The number of thioether (sulfide) groups is 1. The molecule has 1 aliphatic rings. The summed E-state index contributed by atoms with van der Waals surface area (Å²) in [6.45, 7) is 11.0. The van der Waals surface area contributed by atoms with E-state index in [1.165, 1.54) is 11.1 Å². The van der Waals surface area contributed by atoms with Crippen LogP contribution in [0.15, 0.2) is 54.6 Å². The lowest BCUT2D eigenvalue weighted by Crippen LogP contribution is -2.43. The summed E-state index contributed by atoms with van der Waals surface area (Å²) in [7, 11) is 0. The molecule has 1 unspecified atom stereocenters. The minimum Gasteiger partial charge on any atom is -0.385 e. The molecule has 152 valence electrons. The van der Waals surface area contributed by atoms with Crippen molar-refractivity contribution in [2.75, 3.05) is 13.1 Å². The Morgan fingerprint density at radius 2 is 1.64 bits per heavy atom. The Hall–Kier alpha value is -1.29. The van der Waals surface area contributed by atoms with Crippen LogP contribution in [0.4, 0.5) is 0 Å². The molecule has 0 aliphatic carbocycles. The molecule has 1 N–H and O–H groups in total. The molecule has 1 atom stereocenters. The van der Waals surface area contributed by atoms with Gasteiger partial charge in [-0.2, -0.15) is 11.8 Å². The van der Waals surface area contributed by atoms with Crippen LogP contribution in [0.5, 0.6) is 0 Å². The summed E-state index contributed by atoms with van der Waals surface area (Å²) in [5, 5.41) is 11.5. The van der Waals surface area contributed by atoms with Crippen molar-refractivity contribution in [3.63, 3.8) is 0 Å². The van der Waals surface area contributed by atoms with Gasteiger partial charge in [0.1, 0.15) is 0 Å². The number of piperidine rings is 1. The molecule has 0 radical (unpaired) electrons. The molecule has 28 heavy (non-hydrogen) atoms. The number of rotatable bonds is 7. The van der Waals surface area contributed by atoms with E-state index in [0.717, 1.165) is 43.7 Å². The zero-order valence-electron chi connectivity index (χ0n) is 17.8. The van der Waals surface area contributed by atoms with Crippen LogP contribution in [-0.4, -0.2) is 27.8 Å². The van der Waals surface area contributed by atoms with Gasteiger partial charge in [0.25, 0.3) is 0 Å². The maximum absolute atomic E-state index is 11.5. The van der Waals surface area contributed by atoms with Crippen LogP contribution in [0.1, 0.15) is 69.7 Å². The van der Waals surface area contributed by atoms with Crippen molar-refractivity contribution in [3.05, 3.63) is 71.3 Å². The van der Waals surface area contributed by atoms with Crippen LogP contribution >= 0.6 is 11.8 Å². The van der Waals surface area contributed by atoms with E-state index in [1.807, 2.05) is 11.8 Å². The molecule has 1 fully saturated rings. The molecule has 3 rings (SSSR count). The first kappa shape index (κ1) is 21.4. The van der Waals surface area contributed by atoms with Crippen molar-refractivity contribution < 1.29 is 5.11 Å². The smallest absolute Gasteiger partial charge is 0.0923 e. The average molecular weight is 398 g/mol. The molecule has 0 bridgehead atoms. The summed E-state index contributed by atoms with van der Waals surface area (Å²) in [6.07, 6.45) is 2.74. The van der Waals surface area contributed by atoms with Crippen molar-refractivity contribution >= 4 is 11.8 Å². The summed E-state index contributed by atoms with van der Waals surface area (Å²) in [5.41, 5.74) is 3.08. The molecule has 1 heterocycles. The zero-order chi connectivity index (χ0) is 20.2. The van der Waals surface area contributed by atoms with Crippen LogP contribution < -0.4 is 0 Å². The fraction of sp³-hybridized carbons (Fsp3) is 0.520. The molecule has 3 heteroatoms. The number of nitrogens with zero attached hydrogens (tertiary/aromatic N) is 1. The number of aliphatic hydroxyl groups is 1. The van der Waals surface area contributed by atoms with Gasteiger partial charge in [0, 0.05) is 29.6 Å². The molecular formula is C25H35NOS. The number of hydrogen-bond acceptors (Lipinski definition) is 3. The molecule has 1 aliphatic heterocycles. The summed E-state index contributed by atoms with van der Waals surface area (Å²) in [6, 6.07) is 19.6. The molecule has 2 aromatic carbocycles. The van der Waals surface area contributed by atoms with E-state index in [2.05, 4.69) is 87.2 Å². The third-order valence-corrected chi connectivity index (χ3v) is 7.97. The highest BCUT2D eigenvalue weighted by atomic mass is 32.2. The quantitative estimate of drug-likeness (QED) is 0.606. The van der Waals surface area contributed by atoms with Crippen molar-refractivity contribution in [1.29, 1.82) is 0 Å². The first-order valence-electron chi connectivity index (χ1n) is 10.6. The van der Waals surface area contributed by atoms with E-state index in [9.17, 15) is 5.11 Å². The third-order valence-electron chi connectivity index (χ3n) is 6.44. The number of likely N-dealkylation sites (tertiary alicyclic amines) is 1. The summed E-state index contributed by atoms with van der Waals surface area (Å²) in [5.74, 6) is 0.962. The summed E-state index contributed by atoms with van der Waals surface area (Å²) < 4.78 is 0.268. The second-order valence-electron chi connectivity index (χ2n) is 8.71. The monoisotopic (exact) mass is 397 g/mol. The largest absolute Gasteiger partial charge is 0.385 e. The SMILES string of the molecule is CCC(C)(C)SCc1ccccc1C1(O)CCN(C(C)c2ccccc2)CC1. The van der Waals surface area contributed by atoms with E-state index in [0.29, 0.717) is 6.04 Å². The van der Waals surface area contributed by atoms with Crippen LogP contribution in [-0.2, 0) is 11.4 Å². The Morgan fingerprint density at radius 3 is 2.29 bits per heavy atom. The van der Waals surface area contributed by atoms with Gasteiger partial charge in [-0.15, -0.1) is 0 Å². The van der Waals surface area contributed by atoms with Gasteiger partial charge in [0.2, 0.25) is 0 Å². The molecule has 0 spiro atoms. The normalized spacial score (nSPS) is 18.8. The predicted octanol–water partition coefficient (Wildman–Crippen LogP) is 6.15. The highest BCUT2D eigenvalue weighted by Crippen LogP contribution is 2.39. The van der Waals surface area contributed by atoms with Crippen LogP contribution in [0.3, 0.4) is 0 Å². The van der Waals surface area contributed by atoms with E-state index in [4.69, 9.17) is 0 Å². The fourth-order valence-corrected chi connectivity index (χ4v) is 4.97. The van der Waals surface area contributed by atoms with Crippen molar-refractivity contribution in [1.82, 2.24) is 4.90 Å². The summed E-state index contributed by atoms with van der Waals surface area (Å²) in [4.78, 5) is 2.50. The van der Waals surface area contributed by atoms with E-state index < -0.39 is 5.60 Å². The molecule has 0 aromatic heterocycles. The Balaban J connectivity index is 1.70. The Labute approximate surface area is 175 Å². The predicted molar refractivity (Wildman–Crippen MR) is 122 cm³/mol. The van der Waals surface area contributed by atoms with Crippen molar-refractivity contribution in [2.24, 2.45) is 0 Å².